The number of carbonyl (C=O) groups is 4. The Morgan fingerprint density at radius 1 is 1.13 bits per heavy atom. The molecule has 4 N–H and O–H groups in total. The van der Waals surface area contributed by atoms with Crippen LogP contribution in [0.4, 0.5) is 0 Å². The molecule has 1 amide bonds. The summed E-state index contributed by atoms with van der Waals surface area (Å²) in [7, 11) is 0. The Kier molecular flexibility index (Phi) is 8.06. The first kappa shape index (κ1) is 24.2. The predicted molar refractivity (Wildman–Crippen MR) is 104 cm³/mol. The third-order valence-electron chi connectivity index (χ3n) is 4.67. The van der Waals surface area contributed by atoms with Crippen LogP contribution in [0.1, 0.15) is 44.3 Å². The molecular weight excluding hydrogens is 410 g/mol. The lowest BCUT2D eigenvalue weighted by Crippen LogP contribution is -2.48. The molecule has 0 saturated carbocycles. The van der Waals surface area contributed by atoms with Crippen molar-refractivity contribution in [2.75, 3.05) is 6.61 Å². The predicted octanol–water partition coefficient (Wildman–Crippen LogP) is -0.640. The third-order valence-corrected chi connectivity index (χ3v) is 4.67. The molecule has 1 aromatic rings. The molecule has 5 atom stereocenters. The summed E-state index contributed by atoms with van der Waals surface area (Å²) >= 11 is 0. The number of amides is 1. The maximum absolute atomic E-state index is 12.1. The van der Waals surface area contributed by atoms with Crippen LogP contribution in [0.5, 0.6) is 0 Å². The van der Waals surface area contributed by atoms with Gasteiger partial charge in [0.1, 0.15) is 24.3 Å². The van der Waals surface area contributed by atoms with Gasteiger partial charge in [-0.25, -0.2) is 0 Å². The van der Waals surface area contributed by atoms with Crippen LogP contribution in [0.25, 0.3) is 0 Å². The van der Waals surface area contributed by atoms with Crippen molar-refractivity contribution in [3.63, 3.8) is 0 Å². The Morgan fingerprint density at radius 3 is 2.29 bits per heavy atom. The van der Waals surface area contributed by atoms with Gasteiger partial charge in [0.05, 0.1) is 0 Å². The lowest BCUT2D eigenvalue weighted by Gasteiger charge is -2.22. The number of primary amides is 1. The fourth-order valence-electron chi connectivity index (χ4n) is 3.06. The van der Waals surface area contributed by atoms with E-state index in [-0.39, 0.29) is 18.1 Å². The molecule has 1 aliphatic heterocycles. The molecule has 2 rings (SSSR count). The standard InChI is InChI=1S/C20H27N3O8/c1-10(2)15(21)20(27)28-9-14-16(29-11(3)24)17(30-12(4)25)19(31-14)23-7-5-6-13(8-23)18(22)26/h5-8,10,14-17,19H,9,21H2,1-4H3,(H-,22,26)/p+1/t14-,15+,16-,17-,19-/m1/s1. The SMILES string of the molecule is CC(=O)O[C@@H]1[C@H](OC(C)=O)[C@@H](COC(=O)[C@@H](N)C(C)C)O[C@H]1[n+]1cccc(C(N)=O)c1. The molecule has 0 radical (unpaired) electrons. The lowest BCUT2D eigenvalue weighted by molar-refractivity contribution is -0.765. The first-order valence-electron chi connectivity index (χ1n) is 9.74. The van der Waals surface area contributed by atoms with Crippen LogP contribution in [0.3, 0.4) is 0 Å². The quantitative estimate of drug-likeness (QED) is 0.305. The van der Waals surface area contributed by atoms with Gasteiger partial charge in [0, 0.05) is 19.9 Å². The zero-order valence-electron chi connectivity index (χ0n) is 17.8. The maximum atomic E-state index is 12.1. The van der Waals surface area contributed by atoms with Gasteiger partial charge in [-0.2, -0.15) is 4.57 Å². The van der Waals surface area contributed by atoms with Gasteiger partial charge in [0.2, 0.25) is 6.10 Å². The van der Waals surface area contributed by atoms with Crippen LogP contribution < -0.4 is 16.0 Å². The fraction of sp³-hybridized carbons (Fsp3) is 0.550. The Labute approximate surface area is 179 Å². The second kappa shape index (κ2) is 10.3. The Bertz CT molecular complexity index is 843. The van der Waals surface area contributed by atoms with Gasteiger partial charge in [-0.05, 0) is 12.0 Å². The molecule has 1 aliphatic rings. The van der Waals surface area contributed by atoms with Crippen LogP contribution in [0.15, 0.2) is 24.5 Å². The average molecular weight is 438 g/mol. The highest BCUT2D eigenvalue weighted by Crippen LogP contribution is 2.31. The summed E-state index contributed by atoms with van der Waals surface area (Å²) in [4.78, 5) is 47.1. The number of aromatic nitrogens is 1. The summed E-state index contributed by atoms with van der Waals surface area (Å²) in [6, 6.07) is 2.23. The van der Waals surface area contributed by atoms with Crippen molar-refractivity contribution in [3.05, 3.63) is 30.1 Å². The van der Waals surface area contributed by atoms with E-state index in [9.17, 15) is 19.2 Å². The van der Waals surface area contributed by atoms with Gasteiger partial charge in [-0.1, -0.05) is 13.8 Å². The van der Waals surface area contributed by atoms with Crippen molar-refractivity contribution in [2.24, 2.45) is 17.4 Å². The molecule has 0 aromatic carbocycles. The van der Waals surface area contributed by atoms with Crippen molar-refractivity contribution < 1.29 is 42.7 Å². The molecule has 0 bridgehead atoms. The van der Waals surface area contributed by atoms with Crippen LogP contribution in [-0.2, 0) is 33.3 Å². The van der Waals surface area contributed by atoms with Gasteiger partial charge in [0.25, 0.3) is 5.91 Å². The van der Waals surface area contributed by atoms with Crippen molar-refractivity contribution in [1.82, 2.24) is 0 Å². The average Bonchev–Trinajstić information content (AvgIpc) is 3.01. The minimum Gasteiger partial charge on any atom is -0.462 e. The number of ether oxygens (including phenoxy) is 4. The first-order chi connectivity index (χ1) is 14.5. The Morgan fingerprint density at radius 2 is 1.74 bits per heavy atom. The van der Waals surface area contributed by atoms with Crippen LogP contribution in [0, 0.1) is 5.92 Å². The molecule has 2 heterocycles. The van der Waals surface area contributed by atoms with Crippen molar-refractivity contribution >= 4 is 23.8 Å². The van der Waals surface area contributed by atoms with Crippen molar-refractivity contribution in [1.29, 1.82) is 0 Å². The molecule has 11 heteroatoms. The highest BCUT2D eigenvalue weighted by Gasteiger charge is 2.54. The summed E-state index contributed by atoms with van der Waals surface area (Å²) in [6.07, 6.45) is -1.09. The van der Waals surface area contributed by atoms with E-state index in [0.717, 1.165) is 0 Å². The number of carbonyl (C=O) groups excluding carboxylic acids is 4. The molecule has 1 aromatic heterocycles. The second-order valence-electron chi connectivity index (χ2n) is 7.52. The van der Waals surface area contributed by atoms with Crippen molar-refractivity contribution in [3.8, 4) is 0 Å². The van der Waals surface area contributed by atoms with Crippen LogP contribution >= 0.6 is 0 Å². The van der Waals surface area contributed by atoms with E-state index < -0.39 is 54.4 Å². The minimum atomic E-state index is -1.07. The summed E-state index contributed by atoms with van der Waals surface area (Å²) in [6.45, 7) is 5.64. The van der Waals surface area contributed by atoms with Gasteiger partial charge in [0.15, 0.2) is 18.5 Å². The number of hydrogen-bond donors (Lipinski definition) is 2. The molecule has 1 fully saturated rings. The van der Waals surface area contributed by atoms with Gasteiger partial charge in [-0.15, -0.1) is 0 Å². The third kappa shape index (κ3) is 6.22. The van der Waals surface area contributed by atoms with Crippen LogP contribution in [0.2, 0.25) is 0 Å². The smallest absolute Gasteiger partial charge is 0.323 e. The number of nitrogens with zero attached hydrogens (tertiary/aromatic N) is 1. The van der Waals surface area contributed by atoms with Crippen molar-refractivity contribution in [2.45, 2.75) is 58.3 Å². The molecule has 0 spiro atoms. The molecule has 0 unspecified atom stereocenters. The first-order valence-corrected chi connectivity index (χ1v) is 9.74. The number of rotatable bonds is 8. The molecule has 11 nitrogen and oxygen atoms in total. The summed E-state index contributed by atoms with van der Waals surface area (Å²) in [5, 5.41) is 0. The largest absolute Gasteiger partial charge is 0.462 e. The van der Waals surface area contributed by atoms with E-state index in [0.29, 0.717) is 0 Å². The second-order valence-corrected chi connectivity index (χ2v) is 7.52. The summed E-state index contributed by atoms with van der Waals surface area (Å²) in [5.41, 5.74) is 11.3. The number of nitrogens with two attached hydrogens (primary N) is 2. The van der Waals surface area contributed by atoms with Crippen LogP contribution in [-0.4, -0.2) is 54.8 Å². The van der Waals surface area contributed by atoms with E-state index in [4.69, 9.17) is 30.4 Å². The monoisotopic (exact) mass is 438 g/mol. The van der Waals surface area contributed by atoms with E-state index in [1.807, 2.05) is 0 Å². The Hall–Kier alpha value is -3.05. The molecular formula is C20H28N3O8+. The van der Waals surface area contributed by atoms with E-state index in [1.165, 1.54) is 30.7 Å². The van der Waals surface area contributed by atoms with Gasteiger partial charge >= 0.3 is 24.1 Å². The highest BCUT2D eigenvalue weighted by molar-refractivity contribution is 5.92. The Balaban J connectivity index is 2.33. The summed E-state index contributed by atoms with van der Waals surface area (Å²) < 4.78 is 23.4. The molecule has 0 aliphatic carbocycles. The number of esters is 3. The zero-order chi connectivity index (χ0) is 23.3. The minimum absolute atomic E-state index is 0.144. The number of hydrogen-bond acceptors (Lipinski definition) is 9. The zero-order valence-corrected chi connectivity index (χ0v) is 17.8. The molecule has 170 valence electrons. The van der Waals surface area contributed by atoms with Gasteiger partial charge < -0.3 is 30.4 Å². The number of pyridine rings is 1. The summed E-state index contributed by atoms with van der Waals surface area (Å²) in [5.74, 6) is -2.73. The van der Waals surface area contributed by atoms with E-state index in [2.05, 4.69) is 0 Å². The fourth-order valence-corrected chi connectivity index (χ4v) is 3.06. The lowest BCUT2D eigenvalue weighted by atomic mass is 10.1. The molecule has 31 heavy (non-hydrogen) atoms. The maximum Gasteiger partial charge on any atom is 0.323 e. The van der Waals surface area contributed by atoms with E-state index in [1.54, 1.807) is 26.1 Å². The van der Waals surface area contributed by atoms with Gasteiger partial charge in [-0.3, -0.25) is 19.2 Å². The normalized spacial score (nSPS) is 23.8. The van der Waals surface area contributed by atoms with E-state index >= 15 is 0 Å². The highest BCUT2D eigenvalue weighted by atomic mass is 16.7. The topological polar surface area (TPSA) is 161 Å². The molecule has 1 saturated heterocycles.